The van der Waals surface area contributed by atoms with Gasteiger partial charge in [-0.3, -0.25) is 0 Å². The standard InChI is InChI=1S/C50H34O/c1-5-31-18-13-19-42(39(31)6-2)50-41(8-4)40(7-3)49(43-24-22-37(28-46(43)50)36-21-20-32-14-9-10-15-33(32)26-36)38-23-25-47-44(29-38)45-27-34-16-11-12-17-35(34)30-48(45)51-47/h5-30H,1-4H2. The number of furan rings is 1. The van der Waals surface area contributed by atoms with E-state index in [1.807, 2.05) is 24.3 Å². The second-order valence-corrected chi connectivity index (χ2v) is 13.0. The molecule has 240 valence electrons. The lowest BCUT2D eigenvalue weighted by molar-refractivity contribution is 0.669. The molecule has 0 spiro atoms. The van der Waals surface area contributed by atoms with E-state index in [1.54, 1.807) is 0 Å². The zero-order valence-corrected chi connectivity index (χ0v) is 28.2. The molecule has 0 saturated carbocycles. The van der Waals surface area contributed by atoms with Gasteiger partial charge >= 0.3 is 0 Å². The van der Waals surface area contributed by atoms with Crippen LogP contribution >= 0.6 is 0 Å². The molecule has 1 heterocycles. The molecule has 1 heteroatoms. The summed E-state index contributed by atoms with van der Waals surface area (Å²) in [5.74, 6) is 0. The Bertz CT molecular complexity index is 2930. The Kier molecular flexibility index (Phi) is 7.15. The summed E-state index contributed by atoms with van der Waals surface area (Å²) in [6, 6.07) is 47.8. The number of rotatable bonds is 7. The highest BCUT2D eigenvalue weighted by Crippen LogP contribution is 2.47. The van der Waals surface area contributed by atoms with Crippen molar-refractivity contribution in [2.45, 2.75) is 0 Å². The molecule has 8 aromatic carbocycles. The van der Waals surface area contributed by atoms with Gasteiger partial charge in [0.1, 0.15) is 11.2 Å². The van der Waals surface area contributed by atoms with Crippen molar-refractivity contribution in [3.63, 3.8) is 0 Å². The van der Waals surface area contributed by atoms with Gasteiger partial charge in [0, 0.05) is 10.8 Å². The molecule has 0 saturated heterocycles. The van der Waals surface area contributed by atoms with Crippen LogP contribution in [0.2, 0.25) is 0 Å². The van der Waals surface area contributed by atoms with E-state index in [0.29, 0.717) is 0 Å². The minimum absolute atomic E-state index is 0.865. The number of hydrogen-bond donors (Lipinski definition) is 0. The van der Waals surface area contributed by atoms with Gasteiger partial charge in [-0.2, -0.15) is 0 Å². The summed E-state index contributed by atoms with van der Waals surface area (Å²) in [6.45, 7) is 17.1. The van der Waals surface area contributed by atoms with E-state index in [1.165, 1.54) is 21.7 Å². The van der Waals surface area contributed by atoms with Crippen LogP contribution in [-0.2, 0) is 0 Å². The molecular formula is C50H34O. The Morgan fingerprint density at radius 1 is 0.373 bits per heavy atom. The fourth-order valence-corrected chi connectivity index (χ4v) is 7.93. The molecule has 0 bridgehead atoms. The third-order valence-corrected chi connectivity index (χ3v) is 10.3. The topological polar surface area (TPSA) is 13.1 Å². The maximum absolute atomic E-state index is 6.41. The van der Waals surface area contributed by atoms with E-state index in [0.717, 1.165) is 88.2 Å². The zero-order chi connectivity index (χ0) is 34.6. The molecule has 0 radical (unpaired) electrons. The van der Waals surface area contributed by atoms with Crippen LogP contribution in [0.4, 0.5) is 0 Å². The maximum Gasteiger partial charge on any atom is 0.136 e. The Labute approximate surface area is 297 Å². The van der Waals surface area contributed by atoms with Crippen molar-refractivity contribution in [3.8, 4) is 33.4 Å². The summed E-state index contributed by atoms with van der Waals surface area (Å²) in [7, 11) is 0. The molecule has 0 aliphatic rings. The molecule has 0 aliphatic heterocycles. The van der Waals surface area contributed by atoms with Crippen LogP contribution in [0.5, 0.6) is 0 Å². The van der Waals surface area contributed by atoms with Crippen molar-refractivity contribution < 1.29 is 4.42 Å². The summed E-state index contributed by atoms with van der Waals surface area (Å²) in [6.07, 6.45) is 7.78. The van der Waals surface area contributed by atoms with Crippen LogP contribution in [0.25, 0.3) is 112 Å². The smallest absolute Gasteiger partial charge is 0.136 e. The maximum atomic E-state index is 6.41. The van der Waals surface area contributed by atoms with Gasteiger partial charge in [0.2, 0.25) is 0 Å². The fourth-order valence-electron chi connectivity index (χ4n) is 7.93. The van der Waals surface area contributed by atoms with Crippen molar-refractivity contribution in [3.05, 3.63) is 182 Å². The van der Waals surface area contributed by atoms with Crippen LogP contribution < -0.4 is 0 Å². The van der Waals surface area contributed by atoms with Crippen molar-refractivity contribution in [1.82, 2.24) is 0 Å². The Balaban J connectivity index is 1.38. The minimum atomic E-state index is 0.865. The first-order valence-corrected chi connectivity index (χ1v) is 17.2. The first-order chi connectivity index (χ1) is 25.1. The first kappa shape index (κ1) is 30.4. The predicted molar refractivity (Wildman–Crippen MR) is 223 cm³/mol. The number of hydrogen-bond acceptors (Lipinski definition) is 1. The van der Waals surface area contributed by atoms with Crippen LogP contribution in [-0.4, -0.2) is 0 Å². The van der Waals surface area contributed by atoms with Gasteiger partial charge in [-0.15, -0.1) is 0 Å². The third kappa shape index (κ3) is 4.78. The van der Waals surface area contributed by atoms with Crippen molar-refractivity contribution in [1.29, 1.82) is 0 Å². The van der Waals surface area contributed by atoms with E-state index < -0.39 is 0 Å². The molecule has 0 N–H and O–H groups in total. The van der Waals surface area contributed by atoms with Crippen LogP contribution in [0.1, 0.15) is 22.3 Å². The van der Waals surface area contributed by atoms with Crippen LogP contribution in [0.3, 0.4) is 0 Å². The molecule has 0 unspecified atom stereocenters. The number of fused-ring (bicyclic) bond motifs is 6. The fraction of sp³-hybridized carbons (Fsp3) is 0. The molecular weight excluding hydrogens is 617 g/mol. The lowest BCUT2D eigenvalue weighted by Gasteiger charge is -2.22. The molecule has 1 nitrogen and oxygen atoms in total. The van der Waals surface area contributed by atoms with E-state index in [-0.39, 0.29) is 0 Å². The van der Waals surface area contributed by atoms with E-state index in [2.05, 4.69) is 160 Å². The normalized spacial score (nSPS) is 11.5. The summed E-state index contributed by atoms with van der Waals surface area (Å²) in [5.41, 5.74) is 12.6. The molecule has 0 aliphatic carbocycles. The summed E-state index contributed by atoms with van der Waals surface area (Å²) >= 11 is 0. The lowest BCUT2D eigenvalue weighted by Crippen LogP contribution is -1.98. The second kappa shape index (κ2) is 12.0. The van der Waals surface area contributed by atoms with Gasteiger partial charge in [0.15, 0.2) is 0 Å². The molecule has 0 atom stereocenters. The van der Waals surface area contributed by atoms with Gasteiger partial charge in [0.25, 0.3) is 0 Å². The average Bonchev–Trinajstić information content (AvgIpc) is 3.54. The Morgan fingerprint density at radius 3 is 1.73 bits per heavy atom. The molecule has 1 aromatic heterocycles. The van der Waals surface area contributed by atoms with E-state index in [4.69, 9.17) is 4.42 Å². The van der Waals surface area contributed by atoms with Crippen molar-refractivity contribution in [2.75, 3.05) is 0 Å². The Morgan fingerprint density at radius 2 is 0.980 bits per heavy atom. The van der Waals surface area contributed by atoms with Crippen molar-refractivity contribution in [2.24, 2.45) is 0 Å². The SMILES string of the molecule is C=Cc1cccc(-c2c(C=C)c(C=C)c(-c3ccc4oc5cc6ccccc6cc5c4c3)c3ccc(-c4ccc5ccccc5c4)cc23)c1C=C. The van der Waals surface area contributed by atoms with E-state index >= 15 is 0 Å². The average molecular weight is 651 g/mol. The summed E-state index contributed by atoms with van der Waals surface area (Å²) < 4.78 is 6.41. The molecule has 9 rings (SSSR count). The van der Waals surface area contributed by atoms with Gasteiger partial charge in [-0.25, -0.2) is 0 Å². The quantitative estimate of drug-likeness (QED) is 0.167. The second-order valence-electron chi connectivity index (χ2n) is 13.0. The predicted octanol–water partition coefficient (Wildman–Crippen LogP) is 14.6. The first-order valence-electron chi connectivity index (χ1n) is 17.2. The molecule has 0 amide bonds. The largest absolute Gasteiger partial charge is 0.456 e. The minimum Gasteiger partial charge on any atom is -0.456 e. The highest BCUT2D eigenvalue weighted by atomic mass is 16.3. The monoisotopic (exact) mass is 650 g/mol. The van der Waals surface area contributed by atoms with Crippen molar-refractivity contribution >= 4 is 78.6 Å². The number of benzene rings is 8. The Hall–Kier alpha value is -6.70. The molecule has 9 aromatic rings. The summed E-state index contributed by atoms with van der Waals surface area (Å²) in [5, 5.41) is 9.24. The lowest BCUT2D eigenvalue weighted by atomic mass is 9.81. The van der Waals surface area contributed by atoms with Gasteiger partial charge < -0.3 is 4.42 Å². The molecule has 51 heavy (non-hydrogen) atoms. The van der Waals surface area contributed by atoms with Crippen LogP contribution in [0.15, 0.2) is 164 Å². The third-order valence-electron chi connectivity index (χ3n) is 10.3. The highest BCUT2D eigenvalue weighted by molar-refractivity contribution is 6.16. The summed E-state index contributed by atoms with van der Waals surface area (Å²) in [4.78, 5) is 0. The molecule has 0 fully saturated rings. The van der Waals surface area contributed by atoms with Gasteiger partial charge in [-0.1, -0.05) is 148 Å². The highest BCUT2D eigenvalue weighted by Gasteiger charge is 2.22. The van der Waals surface area contributed by atoms with Gasteiger partial charge in [-0.05, 0) is 124 Å². The van der Waals surface area contributed by atoms with E-state index in [9.17, 15) is 0 Å². The van der Waals surface area contributed by atoms with Crippen LogP contribution in [0, 0.1) is 0 Å². The zero-order valence-electron chi connectivity index (χ0n) is 28.2. The van der Waals surface area contributed by atoms with Gasteiger partial charge in [0.05, 0.1) is 0 Å².